The number of imide groups is 1. The van der Waals surface area contributed by atoms with Crippen LogP contribution in [0.4, 0.5) is 10.5 Å². The number of anilines is 1. The largest absolute Gasteiger partial charge is 0.508 e. The highest BCUT2D eigenvalue weighted by Crippen LogP contribution is 2.66. The number of hydrogen-bond donors (Lipinski definition) is 3. The van der Waals surface area contributed by atoms with E-state index in [0.29, 0.717) is 35.3 Å². The zero-order valence-electron chi connectivity index (χ0n) is 38.2. The quantitative estimate of drug-likeness (QED) is 0.0613. The van der Waals surface area contributed by atoms with Crippen LogP contribution >= 0.6 is 0 Å². The molecule has 0 aromatic heterocycles. The Labute approximate surface area is 400 Å². The summed E-state index contributed by atoms with van der Waals surface area (Å²) in [6, 6.07) is 45.4. The van der Waals surface area contributed by atoms with Crippen molar-refractivity contribution in [2.24, 2.45) is 5.92 Å². The third kappa shape index (κ3) is 8.99. The van der Waals surface area contributed by atoms with Gasteiger partial charge in [-0.3, -0.25) is 24.2 Å². The van der Waals surface area contributed by atoms with E-state index in [9.17, 15) is 15.0 Å². The van der Waals surface area contributed by atoms with Crippen LogP contribution in [-0.4, -0.2) is 90.4 Å². The number of morpholine rings is 1. The van der Waals surface area contributed by atoms with Crippen LogP contribution in [0.3, 0.4) is 0 Å². The molecule has 2 saturated heterocycles. The highest BCUT2D eigenvalue weighted by Gasteiger charge is 2.75. The van der Waals surface area contributed by atoms with E-state index in [1.807, 2.05) is 109 Å². The van der Waals surface area contributed by atoms with Crippen molar-refractivity contribution in [3.05, 3.63) is 203 Å². The topological polar surface area (TPSA) is 158 Å². The first kappa shape index (κ1) is 46.5. The van der Waals surface area contributed by atoms with Crippen LogP contribution in [0, 0.1) is 17.8 Å². The van der Waals surface area contributed by atoms with Gasteiger partial charge in [0.1, 0.15) is 29.9 Å². The van der Waals surface area contributed by atoms with Gasteiger partial charge < -0.3 is 29.7 Å². The van der Waals surface area contributed by atoms with Gasteiger partial charge in [0, 0.05) is 25.8 Å². The summed E-state index contributed by atoms with van der Waals surface area (Å²) in [6.45, 7) is 0.634. The van der Waals surface area contributed by atoms with Gasteiger partial charge in [-0.25, -0.2) is 9.69 Å². The number of fused-ring (bicyclic) bond motifs is 3. The lowest BCUT2D eigenvalue weighted by Gasteiger charge is -2.46. The Hall–Kier alpha value is -7.60. The molecule has 6 aromatic carbocycles. The Morgan fingerprint density at radius 2 is 1.43 bits per heavy atom. The van der Waals surface area contributed by atoms with E-state index in [1.54, 1.807) is 54.6 Å². The van der Waals surface area contributed by atoms with Crippen LogP contribution in [0.25, 0.3) is 0 Å². The monoisotopic (exact) mass is 924 g/mol. The van der Waals surface area contributed by atoms with Gasteiger partial charge >= 0.3 is 12.1 Å². The van der Waals surface area contributed by atoms with E-state index in [4.69, 9.17) is 14.2 Å². The number of phenols is 1. The molecular weight excluding hydrogens is 873 g/mol. The molecule has 3 aliphatic heterocycles. The molecule has 3 heterocycles. The van der Waals surface area contributed by atoms with Crippen molar-refractivity contribution < 1.29 is 43.6 Å². The molecule has 3 aliphatic rings. The maximum atomic E-state index is 16.3. The molecule has 3 amide bonds. The summed E-state index contributed by atoms with van der Waals surface area (Å²) in [6.07, 6.45) is -3.10. The Kier molecular flexibility index (Phi) is 13.7. The Morgan fingerprint density at radius 3 is 2.10 bits per heavy atom. The lowest BCUT2D eigenvalue weighted by Crippen LogP contribution is -2.56. The van der Waals surface area contributed by atoms with E-state index in [0.717, 1.165) is 16.0 Å². The fourth-order valence-corrected chi connectivity index (χ4v) is 10.2. The van der Waals surface area contributed by atoms with Crippen molar-refractivity contribution in [3.63, 3.8) is 0 Å². The number of phenolic OH excluding ortho intramolecular Hbond substituents is 1. The van der Waals surface area contributed by atoms with Crippen LogP contribution in [-0.2, 0) is 40.6 Å². The van der Waals surface area contributed by atoms with Crippen molar-refractivity contribution in [3.8, 4) is 17.6 Å². The summed E-state index contributed by atoms with van der Waals surface area (Å²) in [5.41, 5.74) is 2.33. The molecule has 0 aliphatic carbocycles. The highest BCUT2D eigenvalue weighted by molar-refractivity contribution is 6.23. The molecule has 6 aromatic rings. The van der Waals surface area contributed by atoms with E-state index in [2.05, 4.69) is 22.1 Å². The molecule has 2 fully saturated rings. The maximum absolute atomic E-state index is 16.3. The normalized spacial score (nSPS) is 22.0. The van der Waals surface area contributed by atoms with Crippen LogP contribution in [0.5, 0.6) is 5.75 Å². The Balaban J connectivity index is 1.27. The zero-order chi connectivity index (χ0) is 48.1. The molecule has 13 heteroatoms. The van der Waals surface area contributed by atoms with Gasteiger partial charge in [0.2, 0.25) is 11.8 Å². The number of benzene rings is 6. The third-order valence-corrected chi connectivity index (χ3v) is 13.2. The van der Waals surface area contributed by atoms with Crippen LogP contribution in [0.1, 0.15) is 63.2 Å². The van der Waals surface area contributed by atoms with Crippen LogP contribution in [0.15, 0.2) is 164 Å². The predicted molar refractivity (Wildman–Crippen MR) is 257 cm³/mol. The van der Waals surface area contributed by atoms with Gasteiger partial charge in [0.05, 0.1) is 42.9 Å². The smallest absolute Gasteiger partial charge is 0.421 e. The van der Waals surface area contributed by atoms with Gasteiger partial charge in [-0.1, -0.05) is 145 Å². The molecule has 0 radical (unpaired) electrons. The summed E-state index contributed by atoms with van der Waals surface area (Å²) in [5.74, 6) is 2.55. The third-order valence-electron chi connectivity index (χ3n) is 13.2. The number of esters is 1. The number of nitrogens with one attached hydrogen (secondary N) is 1. The summed E-state index contributed by atoms with van der Waals surface area (Å²) >= 11 is 0. The molecular formula is C56H52N4O9. The second-order valence-electron chi connectivity index (χ2n) is 17.5. The zero-order valence-corrected chi connectivity index (χ0v) is 38.2. The number of methoxy groups -OCH3 is 1. The minimum absolute atomic E-state index is 0.0469. The van der Waals surface area contributed by atoms with E-state index >= 15 is 14.4 Å². The maximum Gasteiger partial charge on any atom is 0.421 e. The molecule has 9 rings (SSSR count). The number of aliphatic hydroxyl groups is 1. The minimum atomic E-state index is -2.08. The number of aliphatic hydroxyl groups excluding tert-OH is 1. The van der Waals surface area contributed by atoms with Gasteiger partial charge in [-0.05, 0) is 70.8 Å². The molecule has 0 saturated carbocycles. The lowest BCUT2D eigenvalue weighted by atomic mass is 9.65. The fraction of sp³-hybridized carbons (Fsp3) is 0.250. The van der Waals surface area contributed by atoms with Gasteiger partial charge in [-0.15, -0.1) is 0 Å². The van der Waals surface area contributed by atoms with E-state index < -0.39 is 65.5 Å². The van der Waals surface area contributed by atoms with Crippen LogP contribution in [0.2, 0.25) is 0 Å². The number of rotatable bonds is 13. The van der Waals surface area contributed by atoms with Crippen LogP contribution < -0.4 is 10.2 Å². The summed E-state index contributed by atoms with van der Waals surface area (Å²) in [4.78, 5) is 66.6. The predicted octanol–water partition coefficient (Wildman–Crippen LogP) is 7.17. The average Bonchev–Trinajstić information content (AvgIpc) is 3.83. The van der Waals surface area contributed by atoms with Crippen molar-refractivity contribution in [1.82, 2.24) is 15.1 Å². The Morgan fingerprint density at radius 1 is 0.797 bits per heavy atom. The molecule has 3 N–H and O–H groups in total. The van der Waals surface area contributed by atoms with Gasteiger partial charge in [-0.2, -0.15) is 0 Å². The molecule has 1 spiro atoms. The second kappa shape index (κ2) is 20.3. The number of aromatic hydroxyl groups is 1. The molecule has 69 heavy (non-hydrogen) atoms. The summed E-state index contributed by atoms with van der Waals surface area (Å²) in [5, 5.41) is 25.1. The number of ether oxygens (including phenoxy) is 3. The summed E-state index contributed by atoms with van der Waals surface area (Å²) < 4.78 is 17.4. The first-order valence-corrected chi connectivity index (χ1v) is 22.9. The average molecular weight is 925 g/mol. The first-order valence-electron chi connectivity index (χ1n) is 22.9. The standard InChI is InChI=1S/C56H52N4O9/c1-58(36-38-16-7-3-8-17-38)31-15-18-37-25-30-45-44(34-37)56(54(65)59(45)55(66)68-33-32-67-2)47(52(63)57-35-46(62)39-19-9-4-10-20-39)49-53(64)69-50(41-23-13-6-14-24-41)48(40-21-11-5-12-22-40)60(49)51(56)42-26-28-43(61)29-27-42/h3-14,16-17,19-30,34,46-51,61-62H,31-33,35-36H2,1-2H3,(H,57,63)/t46-,47-,48-,49-,50+,51+,56-/m0/s1. The molecule has 13 nitrogen and oxygen atoms in total. The SMILES string of the molecule is COCCOC(=O)N1C(=O)[C@@]2(c3cc(C#CCN(C)Cc4ccccc4)ccc31)[C@H](C(=O)NC[C@H](O)c1ccccc1)[C@H]1C(=O)O[C@H](c3ccccc3)[C@H](c3ccccc3)N1[C@@H]2c1ccc(O)cc1. The minimum Gasteiger partial charge on any atom is -0.508 e. The van der Waals surface area contributed by atoms with Crippen molar-refractivity contribution in [2.75, 3.05) is 45.4 Å². The first-order chi connectivity index (χ1) is 33.6. The number of carbonyl (C=O) groups is 4. The van der Waals surface area contributed by atoms with Crippen molar-refractivity contribution in [1.29, 1.82) is 0 Å². The fourth-order valence-electron chi connectivity index (χ4n) is 10.2. The Bertz CT molecular complexity index is 2860. The second-order valence-corrected chi connectivity index (χ2v) is 17.5. The number of amides is 3. The molecule has 7 atom stereocenters. The van der Waals surface area contributed by atoms with E-state index in [-0.39, 0.29) is 36.8 Å². The van der Waals surface area contributed by atoms with Gasteiger partial charge in [0.25, 0.3) is 0 Å². The van der Waals surface area contributed by atoms with E-state index in [1.165, 1.54) is 19.2 Å². The highest BCUT2D eigenvalue weighted by atomic mass is 16.6. The number of nitrogens with zero attached hydrogens (tertiary/aromatic N) is 3. The molecule has 350 valence electrons. The molecule has 0 unspecified atom stereocenters. The summed E-state index contributed by atoms with van der Waals surface area (Å²) in [7, 11) is 3.42. The lowest BCUT2D eigenvalue weighted by molar-refractivity contribution is -0.178. The molecule has 0 bridgehead atoms. The number of cyclic esters (lactones) is 1. The van der Waals surface area contributed by atoms with Crippen molar-refractivity contribution in [2.45, 2.75) is 42.3 Å². The van der Waals surface area contributed by atoms with Crippen molar-refractivity contribution >= 4 is 29.6 Å². The number of carbonyl (C=O) groups excluding carboxylic acids is 4. The number of hydrogen-bond acceptors (Lipinski definition) is 11. The van der Waals surface area contributed by atoms with Gasteiger partial charge in [0.15, 0.2) is 0 Å².